The van der Waals surface area contributed by atoms with Crippen LogP contribution in [-0.2, 0) is 18.3 Å². The van der Waals surface area contributed by atoms with Gasteiger partial charge in [0.15, 0.2) is 5.82 Å². The van der Waals surface area contributed by atoms with Crippen molar-refractivity contribution >= 4 is 0 Å². The van der Waals surface area contributed by atoms with E-state index < -0.39 is 0 Å². The zero-order chi connectivity index (χ0) is 14.8. The highest BCUT2D eigenvalue weighted by atomic mass is 16.5. The van der Waals surface area contributed by atoms with E-state index in [-0.39, 0.29) is 5.92 Å². The lowest BCUT2D eigenvalue weighted by Gasteiger charge is -2.16. The Kier molecular flexibility index (Phi) is 4.07. The second-order valence-electron chi connectivity index (χ2n) is 5.81. The van der Waals surface area contributed by atoms with Crippen molar-refractivity contribution in [3.05, 3.63) is 35.7 Å². The summed E-state index contributed by atoms with van der Waals surface area (Å²) < 4.78 is 12.9. The molecule has 1 fully saturated rings. The first-order valence-corrected chi connectivity index (χ1v) is 7.29. The number of rotatable bonds is 5. The van der Waals surface area contributed by atoms with E-state index in [0.29, 0.717) is 11.7 Å². The van der Waals surface area contributed by atoms with Crippen LogP contribution in [0.2, 0.25) is 0 Å². The molecular formula is C15H22N4O2. The number of aromatic nitrogens is 3. The number of likely N-dealkylation sites (tertiary alicyclic amines) is 1. The Labute approximate surface area is 124 Å². The number of aryl methyl sites for hydroxylation is 2. The maximum absolute atomic E-state index is 5.38. The zero-order valence-electron chi connectivity index (χ0n) is 12.8. The van der Waals surface area contributed by atoms with E-state index in [1.807, 2.05) is 6.92 Å². The number of methoxy groups -OCH3 is 1. The van der Waals surface area contributed by atoms with Crippen LogP contribution in [0.15, 0.2) is 22.9 Å². The van der Waals surface area contributed by atoms with Crippen molar-refractivity contribution in [3.8, 4) is 0 Å². The molecule has 0 bridgehead atoms. The summed E-state index contributed by atoms with van der Waals surface area (Å²) in [5.74, 6) is 2.09. The number of nitrogens with zero attached hydrogens (tertiary/aromatic N) is 4. The van der Waals surface area contributed by atoms with Crippen LogP contribution in [0.3, 0.4) is 0 Å². The number of ether oxygens (including phenoxy) is 1. The van der Waals surface area contributed by atoms with Crippen molar-refractivity contribution in [1.82, 2.24) is 19.6 Å². The summed E-state index contributed by atoms with van der Waals surface area (Å²) in [4.78, 5) is 6.84. The van der Waals surface area contributed by atoms with Gasteiger partial charge in [-0.1, -0.05) is 5.16 Å². The fourth-order valence-corrected chi connectivity index (χ4v) is 3.11. The van der Waals surface area contributed by atoms with Crippen LogP contribution in [0.5, 0.6) is 0 Å². The van der Waals surface area contributed by atoms with Crippen LogP contribution in [0.4, 0.5) is 0 Å². The smallest absolute Gasteiger partial charge is 0.231 e. The predicted octanol–water partition coefficient (Wildman–Crippen LogP) is 1.58. The van der Waals surface area contributed by atoms with E-state index in [1.165, 1.54) is 5.69 Å². The standard InChI is InChI=1S/C15H22N4O2/c1-11-16-15(21-17-11)14-9-19(7-12(14)10-20-3)8-13-5-4-6-18(13)2/h4-6,12,14H,7-10H2,1-3H3/t12-,14+/m0/s1. The lowest BCUT2D eigenvalue weighted by Crippen LogP contribution is -2.22. The Morgan fingerprint density at radius 3 is 2.90 bits per heavy atom. The lowest BCUT2D eigenvalue weighted by atomic mass is 9.97. The van der Waals surface area contributed by atoms with Gasteiger partial charge in [-0.25, -0.2) is 0 Å². The van der Waals surface area contributed by atoms with Gasteiger partial charge in [-0.3, -0.25) is 4.90 Å². The van der Waals surface area contributed by atoms with Crippen molar-refractivity contribution in [2.24, 2.45) is 13.0 Å². The summed E-state index contributed by atoms with van der Waals surface area (Å²) in [6.45, 7) is 5.43. The van der Waals surface area contributed by atoms with Gasteiger partial charge < -0.3 is 13.8 Å². The van der Waals surface area contributed by atoms with Crippen molar-refractivity contribution in [3.63, 3.8) is 0 Å². The molecule has 0 amide bonds. The van der Waals surface area contributed by atoms with Crippen molar-refractivity contribution in [2.75, 3.05) is 26.8 Å². The normalized spacial score (nSPS) is 23.0. The average molecular weight is 290 g/mol. The predicted molar refractivity (Wildman–Crippen MR) is 77.8 cm³/mol. The molecule has 0 N–H and O–H groups in total. The molecular weight excluding hydrogens is 268 g/mol. The largest absolute Gasteiger partial charge is 0.384 e. The maximum Gasteiger partial charge on any atom is 0.231 e. The molecule has 2 atom stereocenters. The molecule has 0 aromatic carbocycles. The van der Waals surface area contributed by atoms with Crippen LogP contribution in [0.25, 0.3) is 0 Å². The van der Waals surface area contributed by atoms with Crippen LogP contribution < -0.4 is 0 Å². The highest BCUT2D eigenvalue weighted by molar-refractivity contribution is 5.09. The molecule has 1 aliphatic rings. The van der Waals surface area contributed by atoms with E-state index in [0.717, 1.165) is 32.1 Å². The van der Waals surface area contributed by atoms with Gasteiger partial charge in [0.1, 0.15) is 0 Å². The second-order valence-corrected chi connectivity index (χ2v) is 5.81. The molecule has 0 spiro atoms. The van der Waals surface area contributed by atoms with Gasteiger partial charge in [0.2, 0.25) is 5.89 Å². The zero-order valence-corrected chi connectivity index (χ0v) is 12.8. The van der Waals surface area contributed by atoms with Crippen LogP contribution in [0.1, 0.15) is 23.3 Å². The molecule has 1 saturated heterocycles. The highest BCUT2D eigenvalue weighted by Gasteiger charge is 2.37. The third kappa shape index (κ3) is 3.01. The Hall–Kier alpha value is -1.66. The molecule has 3 rings (SSSR count). The van der Waals surface area contributed by atoms with E-state index in [4.69, 9.17) is 9.26 Å². The minimum Gasteiger partial charge on any atom is -0.384 e. The first kappa shape index (κ1) is 14.3. The van der Waals surface area contributed by atoms with Gasteiger partial charge in [-0.15, -0.1) is 0 Å². The Morgan fingerprint density at radius 1 is 1.43 bits per heavy atom. The molecule has 114 valence electrons. The summed E-state index contributed by atoms with van der Waals surface area (Å²) >= 11 is 0. The topological polar surface area (TPSA) is 56.3 Å². The van der Waals surface area contributed by atoms with E-state index >= 15 is 0 Å². The molecule has 2 aromatic rings. The Bertz CT molecular complexity index is 592. The van der Waals surface area contributed by atoms with E-state index in [1.54, 1.807) is 7.11 Å². The van der Waals surface area contributed by atoms with Crippen LogP contribution in [-0.4, -0.2) is 46.4 Å². The quantitative estimate of drug-likeness (QED) is 0.837. The summed E-state index contributed by atoms with van der Waals surface area (Å²) in [5, 5.41) is 3.92. The maximum atomic E-state index is 5.38. The summed E-state index contributed by atoms with van der Waals surface area (Å²) in [5.41, 5.74) is 1.31. The number of hydrogen-bond acceptors (Lipinski definition) is 5. The molecule has 0 radical (unpaired) electrons. The fourth-order valence-electron chi connectivity index (χ4n) is 3.11. The van der Waals surface area contributed by atoms with Gasteiger partial charge in [-0.05, 0) is 19.1 Å². The first-order chi connectivity index (χ1) is 10.2. The van der Waals surface area contributed by atoms with Crippen molar-refractivity contribution in [1.29, 1.82) is 0 Å². The molecule has 6 heteroatoms. The summed E-state index contributed by atoms with van der Waals surface area (Å²) in [6.07, 6.45) is 2.08. The number of hydrogen-bond donors (Lipinski definition) is 0. The molecule has 2 aromatic heterocycles. The SMILES string of the molecule is COC[C@@H]1CN(Cc2cccn2C)C[C@H]1c1nc(C)no1. The lowest BCUT2D eigenvalue weighted by molar-refractivity contribution is 0.142. The molecule has 21 heavy (non-hydrogen) atoms. The third-order valence-electron chi connectivity index (χ3n) is 4.19. The first-order valence-electron chi connectivity index (χ1n) is 7.29. The fraction of sp³-hybridized carbons (Fsp3) is 0.600. The Morgan fingerprint density at radius 2 is 2.29 bits per heavy atom. The molecule has 3 heterocycles. The van der Waals surface area contributed by atoms with Gasteiger partial charge in [0.05, 0.1) is 12.5 Å². The van der Waals surface area contributed by atoms with Crippen LogP contribution in [0, 0.1) is 12.8 Å². The minimum absolute atomic E-state index is 0.256. The average Bonchev–Trinajstić information content (AvgIpc) is 3.13. The molecule has 1 aliphatic heterocycles. The minimum atomic E-state index is 0.256. The monoisotopic (exact) mass is 290 g/mol. The highest BCUT2D eigenvalue weighted by Crippen LogP contribution is 2.32. The molecule has 0 aliphatic carbocycles. The van der Waals surface area contributed by atoms with E-state index in [9.17, 15) is 0 Å². The van der Waals surface area contributed by atoms with Crippen LogP contribution >= 0.6 is 0 Å². The Balaban J connectivity index is 1.73. The molecule has 0 unspecified atom stereocenters. The van der Waals surface area contributed by atoms with Gasteiger partial charge in [0, 0.05) is 51.6 Å². The molecule has 0 saturated carbocycles. The van der Waals surface area contributed by atoms with Crippen molar-refractivity contribution < 1.29 is 9.26 Å². The second kappa shape index (κ2) is 5.99. The third-order valence-corrected chi connectivity index (χ3v) is 4.19. The van der Waals surface area contributed by atoms with Gasteiger partial charge in [0.25, 0.3) is 0 Å². The van der Waals surface area contributed by atoms with Crippen molar-refractivity contribution in [2.45, 2.75) is 19.4 Å². The summed E-state index contributed by atoms with van der Waals surface area (Å²) in [6, 6.07) is 4.24. The van der Waals surface area contributed by atoms with E-state index in [2.05, 4.69) is 45.0 Å². The van der Waals surface area contributed by atoms with Gasteiger partial charge in [-0.2, -0.15) is 4.98 Å². The molecule has 6 nitrogen and oxygen atoms in total. The van der Waals surface area contributed by atoms with Gasteiger partial charge >= 0.3 is 0 Å². The summed E-state index contributed by atoms with van der Waals surface area (Å²) in [7, 11) is 3.83.